The normalized spacial score (nSPS) is 12.9. The van der Waals surface area contributed by atoms with Crippen molar-refractivity contribution in [3.8, 4) is 0 Å². The monoisotopic (exact) mass is 810 g/mol. The Labute approximate surface area is 343 Å². The van der Waals surface area contributed by atoms with Gasteiger partial charge in [0, 0.05) is 11.7 Å². The lowest BCUT2D eigenvalue weighted by atomic mass is 9.91. The Kier molecular flexibility index (Phi) is 19.2. The maximum atomic E-state index is 14.4. The molecule has 11 nitrogen and oxygen atoms in total. The largest absolute Gasteiger partial charge is 0.481 e. The third kappa shape index (κ3) is 15.0. The maximum absolute atomic E-state index is 14.4. The summed E-state index contributed by atoms with van der Waals surface area (Å²) < 4.78 is 23.6. The second-order valence-electron chi connectivity index (χ2n) is 13.6. The van der Waals surface area contributed by atoms with Gasteiger partial charge in [-0.15, -0.1) is 0 Å². The molecule has 12 heteroatoms. The summed E-state index contributed by atoms with van der Waals surface area (Å²) in [5, 5.41) is 9.44. The smallest absolute Gasteiger partial charge is 0.339 e. The van der Waals surface area contributed by atoms with E-state index in [-0.39, 0.29) is 22.3 Å². The van der Waals surface area contributed by atoms with Crippen molar-refractivity contribution >= 4 is 46.7 Å². The average Bonchev–Trinajstić information content (AvgIpc) is 3.25. The van der Waals surface area contributed by atoms with Crippen LogP contribution in [0.15, 0.2) is 121 Å². The molecule has 0 heterocycles. The summed E-state index contributed by atoms with van der Waals surface area (Å²) in [6.45, 7) is 1.51. The van der Waals surface area contributed by atoms with Gasteiger partial charge < -0.3 is 24.1 Å². The van der Waals surface area contributed by atoms with Gasteiger partial charge in [-0.3, -0.25) is 9.59 Å². The highest BCUT2D eigenvalue weighted by molar-refractivity contribution is 8.13. The van der Waals surface area contributed by atoms with Gasteiger partial charge in [-0.25, -0.2) is 19.2 Å². The number of hydrogen-bond donors (Lipinski definition) is 1. The second kappa shape index (κ2) is 24.8. The maximum Gasteiger partial charge on any atom is 0.339 e. The predicted octanol–water partition coefficient (Wildman–Crippen LogP) is 9.01. The third-order valence-electron chi connectivity index (χ3n) is 9.18. The number of hydrogen-bond acceptors (Lipinski definition) is 11. The van der Waals surface area contributed by atoms with Gasteiger partial charge in [-0.05, 0) is 55.0 Å². The van der Waals surface area contributed by atoms with Gasteiger partial charge in [0.1, 0.15) is 6.10 Å². The van der Waals surface area contributed by atoms with Crippen molar-refractivity contribution in [2.75, 3.05) is 12.4 Å². The molecule has 0 unspecified atom stereocenters. The summed E-state index contributed by atoms with van der Waals surface area (Å²) in [7, 11) is 0. The predicted molar refractivity (Wildman–Crippen MR) is 219 cm³/mol. The minimum atomic E-state index is -1.91. The number of esters is 4. The quantitative estimate of drug-likeness (QED) is 0.0407. The summed E-state index contributed by atoms with van der Waals surface area (Å²) in [4.78, 5) is 81.5. The van der Waals surface area contributed by atoms with Crippen LogP contribution in [0.25, 0.3) is 0 Å². The number of benzene rings is 4. The minimum Gasteiger partial charge on any atom is -0.481 e. The van der Waals surface area contributed by atoms with Crippen LogP contribution in [-0.4, -0.2) is 70.7 Å². The van der Waals surface area contributed by atoms with Crippen LogP contribution in [0.3, 0.4) is 0 Å². The van der Waals surface area contributed by atoms with E-state index in [4.69, 9.17) is 18.9 Å². The van der Waals surface area contributed by atoms with E-state index in [0.29, 0.717) is 12.2 Å². The molecule has 58 heavy (non-hydrogen) atoms. The number of carboxylic acid groups (broad SMARTS) is 1. The zero-order valence-corrected chi connectivity index (χ0v) is 33.4. The van der Waals surface area contributed by atoms with Crippen molar-refractivity contribution in [1.82, 2.24) is 0 Å². The Morgan fingerprint density at radius 1 is 0.517 bits per heavy atom. The summed E-state index contributed by atoms with van der Waals surface area (Å²) >= 11 is 0.869. The minimum absolute atomic E-state index is 0.0538. The average molecular weight is 811 g/mol. The Morgan fingerprint density at radius 2 is 0.914 bits per heavy atom. The van der Waals surface area contributed by atoms with E-state index in [2.05, 4.69) is 6.92 Å². The molecule has 0 saturated heterocycles. The van der Waals surface area contributed by atoms with E-state index < -0.39 is 72.2 Å². The number of carboxylic acids is 1. The number of ether oxygens (including phenoxy) is 4. The fourth-order valence-corrected chi connectivity index (χ4v) is 6.99. The van der Waals surface area contributed by atoms with Gasteiger partial charge in [0.15, 0.2) is 6.10 Å². The number of carbonyl (C=O) groups excluding carboxylic acids is 5. The first-order chi connectivity index (χ1) is 28.2. The van der Waals surface area contributed by atoms with Crippen molar-refractivity contribution in [3.63, 3.8) is 0 Å². The highest BCUT2D eigenvalue weighted by Crippen LogP contribution is 2.29. The van der Waals surface area contributed by atoms with Crippen LogP contribution >= 0.6 is 11.8 Å². The fraction of sp³-hybridized carbons (Fsp3) is 0.348. The first-order valence-electron chi connectivity index (χ1n) is 19.6. The lowest BCUT2D eigenvalue weighted by Gasteiger charge is -2.35. The van der Waals surface area contributed by atoms with Crippen molar-refractivity contribution < 1.29 is 52.8 Å². The van der Waals surface area contributed by atoms with Crippen molar-refractivity contribution in [2.24, 2.45) is 5.92 Å². The van der Waals surface area contributed by atoms with Gasteiger partial charge >= 0.3 is 29.8 Å². The molecular formula is C46H50O11S. The molecule has 4 atom stereocenters. The molecule has 0 bridgehead atoms. The van der Waals surface area contributed by atoms with Crippen molar-refractivity contribution in [3.05, 3.63) is 144 Å². The first-order valence-corrected chi connectivity index (χ1v) is 20.5. The molecular weight excluding hydrogens is 761 g/mol. The fourth-order valence-electron chi connectivity index (χ4n) is 6.10. The van der Waals surface area contributed by atoms with E-state index >= 15 is 0 Å². The van der Waals surface area contributed by atoms with Gasteiger partial charge in [0.05, 0.1) is 35.3 Å². The molecule has 306 valence electrons. The van der Waals surface area contributed by atoms with E-state index in [0.717, 1.165) is 43.9 Å². The van der Waals surface area contributed by atoms with Crippen LogP contribution in [0, 0.1) is 5.92 Å². The number of thioether (sulfide) groups is 1. The standard InChI is InChI=1S/C46H50O11S/c1-2-3-4-5-6-7-8-21-30-58-46(53)41(57-45(52)36-28-19-12-20-29-36)40(56-44(51)35-26-17-11-18-27-35)39(55-43(50)34-24-15-10-16-25-34)37(31-38(47)48)32-54-42(49)33-22-13-9-14-23-33/h9-20,22-29,37,39-41H,2-8,21,30-32H2,1H3,(H,47,48)/t37-,39-,40+,41-/m1/s1. The SMILES string of the molecule is CCCCCCCCCCSC(=O)[C@H](OC(=O)c1ccccc1)[C@@H](OC(=O)c1ccccc1)[C@H](OC(=O)c1ccccc1)[C@@H](COC(=O)c1ccccc1)CC(=O)O. The Balaban J connectivity index is 1.77. The van der Waals surface area contributed by atoms with Crippen molar-refractivity contribution in [2.45, 2.75) is 83.0 Å². The van der Waals surface area contributed by atoms with Crippen LogP contribution in [-0.2, 0) is 28.5 Å². The molecule has 0 saturated carbocycles. The van der Waals surface area contributed by atoms with Crippen LogP contribution in [0.2, 0.25) is 0 Å². The molecule has 0 amide bonds. The molecule has 0 aliphatic carbocycles. The van der Waals surface area contributed by atoms with Crippen LogP contribution in [0.4, 0.5) is 0 Å². The van der Waals surface area contributed by atoms with Crippen LogP contribution < -0.4 is 0 Å². The summed E-state index contributed by atoms with van der Waals surface area (Å²) in [5.41, 5.74) is 0.365. The van der Waals surface area contributed by atoms with E-state index in [9.17, 15) is 33.9 Å². The molecule has 0 aliphatic heterocycles. The van der Waals surface area contributed by atoms with Gasteiger partial charge in [0.2, 0.25) is 11.2 Å². The molecule has 1 N–H and O–H groups in total. The highest BCUT2D eigenvalue weighted by atomic mass is 32.2. The Morgan fingerprint density at radius 3 is 1.36 bits per heavy atom. The second-order valence-corrected chi connectivity index (χ2v) is 14.7. The van der Waals surface area contributed by atoms with E-state index in [1.54, 1.807) is 72.8 Å². The molecule has 0 spiro atoms. The number of rotatable bonds is 24. The van der Waals surface area contributed by atoms with Gasteiger partial charge in [0.25, 0.3) is 0 Å². The van der Waals surface area contributed by atoms with Crippen molar-refractivity contribution in [1.29, 1.82) is 0 Å². The lowest BCUT2D eigenvalue weighted by molar-refractivity contribution is -0.146. The molecule has 0 fully saturated rings. The van der Waals surface area contributed by atoms with E-state index in [1.165, 1.54) is 61.4 Å². The summed E-state index contributed by atoms with van der Waals surface area (Å²) in [6.07, 6.45) is 1.83. The highest BCUT2D eigenvalue weighted by Gasteiger charge is 2.47. The molecule has 0 radical (unpaired) electrons. The Hall–Kier alpha value is -5.75. The van der Waals surface area contributed by atoms with Crippen LogP contribution in [0.1, 0.15) is 106 Å². The number of carbonyl (C=O) groups is 6. The zero-order chi connectivity index (χ0) is 41.5. The molecule has 4 aromatic rings. The summed E-state index contributed by atoms with van der Waals surface area (Å²) in [6, 6.07) is 31.4. The van der Waals surface area contributed by atoms with Gasteiger partial charge in [-0.2, -0.15) is 0 Å². The lowest BCUT2D eigenvalue weighted by Crippen LogP contribution is -2.52. The molecule has 4 aromatic carbocycles. The zero-order valence-electron chi connectivity index (χ0n) is 32.6. The third-order valence-corrected chi connectivity index (χ3v) is 10.2. The Bertz CT molecular complexity index is 1890. The molecule has 0 aromatic heterocycles. The van der Waals surface area contributed by atoms with Crippen LogP contribution in [0.5, 0.6) is 0 Å². The van der Waals surface area contributed by atoms with E-state index in [1.807, 2.05) is 0 Å². The number of unbranched alkanes of at least 4 members (excludes halogenated alkanes) is 7. The van der Waals surface area contributed by atoms with Gasteiger partial charge in [-0.1, -0.05) is 136 Å². The molecule has 0 aliphatic rings. The number of aliphatic carboxylic acids is 1. The topological polar surface area (TPSA) is 160 Å². The first kappa shape index (κ1) is 45.0. The summed E-state index contributed by atoms with van der Waals surface area (Å²) in [5.74, 6) is -6.12. The molecule has 4 rings (SSSR count).